The molecule has 2 N–H and O–H groups in total. The number of rotatable bonds is 8. The van der Waals surface area contributed by atoms with Crippen LogP contribution in [0.2, 0.25) is 0 Å². The van der Waals surface area contributed by atoms with E-state index in [1.54, 1.807) is 11.8 Å². The predicted molar refractivity (Wildman–Crippen MR) is 61.5 cm³/mol. The second kappa shape index (κ2) is 9.34. The van der Waals surface area contributed by atoms with Crippen molar-refractivity contribution in [2.75, 3.05) is 25.2 Å². The highest BCUT2D eigenvalue weighted by molar-refractivity contribution is 7.98. The van der Waals surface area contributed by atoms with E-state index in [1.165, 1.54) is 0 Å². The molecule has 0 aromatic rings. The van der Waals surface area contributed by atoms with E-state index in [2.05, 4.69) is 5.32 Å². The molecule has 0 rings (SSSR count). The van der Waals surface area contributed by atoms with E-state index in [9.17, 15) is 4.79 Å². The molecule has 0 aliphatic carbocycles. The van der Waals surface area contributed by atoms with Gasteiger partial charge in [-0.15, -0.1) is 0 Å². The fourth-order valence-electron chi connectivity index (χ4n) is 1.05. The Bertz CT molecular complexity index is 153. The number of aliphatic hydroxyl groups is 1. The molecule has 0 spiro atoms. The summed E-state index contributed by atoms with van der Waals surface area (Å²) in [5.41, 5.74) is 0. The third-order valence-corrected chi connectivity index (χ3v) is 2.65. The molecule has 1 unspecified atom stereocenters. The molecule has 0 aliphatic heterocycles. The van der Waals surface area contributed by atoms with Gasteiger partial charge in [0.2, 0.25) is 5.91 Å². The molecule has 0 aromatic heterocycles. The van der Waals surface area contributed by atoms with Gasteiger partial charge < -0.3 is 10.4 Å². The standard InChI is InChI=1S/C10H21NO2S/c1-9(8-12)4-3-6-11-10(13)5-7-14-2/h9,12H,3-8H2,1-2H3,(H,11,13). The van der Waals surface area contributed by atoms with Gasteiger partial charge in [-0.2, -0.15) is 11.8 Å². The van der Waals surface area contributed by atoms with Crippen molar-refractivity contribution in [2.24, 2.45) is 5.92 Å². The Hall–Kier alpha value is -0.220. The van der Waals surface area contributed by atoms with Gasteiger partial charge in [0.05, 0.1) is 0 Å². The van der Waals surface area contributed by atoms with Crippen LogP contribution in [0, 0.1) is 5.92 Å². The summed E-state index contributed by atoms with van der Waals surface area (Å²) in [6.45, 7) is 2.98. The van der Waals surface area contributed by atoms with E-state index in [4.69, 9.17) is 5.11 Å². The number of carbonyl (C=O) groups is 1. The summed E-state index contributed by atoms with van der Waals surface area (Å²) in [7, 11) is 0. The van der Waals surface area contributed by atoms with Crippen LogP contribution in [0.5, 0.6) is 0 Å². The maximum absolute atomic E-state index is 11.1. The first kappa shape index (κ1) is 13.8. The predicted octanol–water partition coefficient (Wildman–Crippen LogP) is 1.26. The zero-order chi connectivity index (χ0) is 10.8. The number of hydrogen-bond acceptors (Lipinski definition) is 3. The molecule has 1 amide bonds. The van der Waals surface area contributed by atoms with Crippen LogP contribution in [0.4, 0.5) is 0 Å². The topological polar surface area (TPSA) is 49.3 Å². The summed E-state index contributed by atoms with van der Waals surface area (Å²) in [4.78, 5) is 11.1. The first-order valence-corrected chi connectivity index (χ1v) is 6.46. The van der Waals surface area contributed by atoms with E-state index < -0.39 is 0 Å². The largest absolute Gasteiger partial charge is 0.396 e. The van der Waals surface area contributed by atoms with Gasteiger partial charge in [-0.1, -0.05) is 6.92 Å². The Morgan fingerprint density at radius 2 is 2.29 bits per heavy atom. The Labute approximate surface area is 90.7 Å². The summed E-state index contributed by atoms with van der Waals surface area (Å²) < 4.78 is 0. The monoisotopic (exact) mass is 219 g/mol. The molecule has 0 saturated carbocycles. The quantitative estimate of drug-likeness (QED) is 0.604. The Kier molecular flexibility index (Phi) is 9.19. The minimum atomic E-state index is 0.135. The zero-order valence-corrected chi connectivity index (χ0v) is 9.90. The van der Waals surface area contributed by atoms with Crippen molar-refractivity contribution < 1.29 is 9.90 Å². The number of aliphatic hydroxyl groups excluding tert-OH is 1. The van der Waals surface area contributed by atoms with Crippen molar-refractivity contribution in [1.29, 1.82) is 0 Å². The van der Waals surface area contributed by atoms with Crippen molar-refractivity contribution in [3.63, 3.8) is 0 Å². The van der Waals surface area contributed by atoms with Crippen LogP contribution < -0.4 is 5.32 Å². The molecular formula is C10H21NO2S. The average molecular weight is 219 g/mol. The minimum Gasteiger partial charge on any atom is -0.396 e. The molecule has 0 bridgehead atoms. The fourth-order valence-corrected chi connectivity index (χ4v) is 1.44. The Morgan fingerprint density at radius 1 is 1.57 bits per heavy atom. The van der Waals surface area contributed by atoms with Crippen molar-refractivity contribution in [2.45, 2.75) is 26.2 Å². The maximum atomic E-state index is 11.1. The molecule has 0 saturated heterocycles. The Morgan fingerprint density at radius 3 is 2.86 bits per heavy atom. The van der Waals surface area contributed by atoms with Crippen LogP contribution in [0.25, 0.3) is 0 Å². The molecule has 3 nitrogen and oxygen atoms in total. The van der Waals surface area contributed by atoms with Crippen LogP contribution in [0.1, 0.15) is 26.2 Å². The van der Waals surface area contributed by atoms with Gasteiger partial charge in [-0.05, 0) is 25.0 Å². The lowest BCUT2D eigenvalue weighted by atomic mass is 10.1. The molecular weight excluding hydrogens is 198 g/mol. The highest BCUT2D eigenvalue weighted by Crippen LogP contribution is 2.02. The van der Waals surface area contributed by atoms with E-state index in [0.29, 0.717) is 12.3 Å². The van der Waals surface area contributed by atoms with Gasteiger partial charge in [0, 0.05) is 25.3 Å². The van der Waals surface area contributed by atoms with Crippen LogP contribution in [-0.4, -0.2) is 36.2 Å². The molecule has 0 aliphatic rings. The second-order valence-corrected chi connectivity index (χ2v) is 4.51. The van der Waals surface area contributed by atoms with Gasteiger partial charge in [0.25, 0.3) is 0 Å². The average Bonchev–Trinajstić information content (AvgIpc) is 2.21. The lowest BCUT2D eigenvalue weighted by Crippen LogP contribution is -2.25. The van der Waals surface area contributed by atoms with Crippen molar-refractivity contribution in [3.8, 4) is 0 Å². The lowest BCUT2D eigenvalue weighted by Gasteiger charge is -2.08. The SMILES string of the molecule is CSCCC(=O)NCCCC(C)CO. The summed E-state index contributed by atoms with van der Waals surface area (Å²) in [6, 6.07) is 0. The van der Waals surface area contributed by atoms with Gasteiger partial charge in [0.15, 0.2) is 0 Å². The van der Waals surface area contributed by atoms with Gasteiger partial charge in [-0.3, -0.25) is 4.79 Å². The highest BCUT2D eigenvalue weighted by Gasteiger charge is 2.01. The number of carbonyl (C=O) groups excluding carboxylic acids is 1. The van der Waals surface area contributed by atoms with E-state index in [0.717, 1.165) is 25.1 Å². The van der Waals surface area contributed by atoms with Gasteiger partial charge >= 0.3 is 0 Å². The highest BCUT2D eigenvalue weighted by atomic mass is 32.2. The minimum absolute atomic E-state index is 0.135. The number of thioether (sulfide) groups is 1. The molecule has 0 heterocycles. The van der Waals surface area contributed by atoms with E-state index in [-0.39, 0.29) is 12.5 Å². The maximum Gasteiger partial charge on any atom is 0.220 e. The normalized spacial score (nSPS) is 12.5. The van der Waals surface area contributed by atoms with Crippen LogP contribution in [0.3, 0.4) is 0 Å². The van der Waals surface area contributed by atoms with Crippen molar-refractivity contribution in [3.05, 3.63) is 0 Å². The first-order valence-electron chi connectivity index (χ1n) is 5.07. The fraction of sp³-hybridized carbons (Fsp3) is 0.900. The summed E-state index contributed by atoms with van der Waals surface area (Å²) in [5.74, 6) is 1.37. The molecule has 1 atom stereocenters. The Balaban J connectivity index is 3.22. The first-order chi connectivity index (χ1) is 6.70. The van der Waals surface area contributed by atoms with Crippen molar-refractivity contribution >= 4 is 17.7 Å². The molecule has 4 heteroatoms. The van der Waals surface area contributed by atoms with Crippen LogP contribution in [-0.2, 0) is 4.79 Å². The number of amides is 1. The molecule has 0 radical (unpaired) electrons. The summed E-state index contributed by atoms with van der Waals surface area (Å²) in [5, 5.41) is 11.6. The smallest absolute Gasteiger partial charge is 0.220 e. The molecule has 0 aromatic carbocycles. The van der Waals surface area contributed by atoms with Crippen LogP contribution >= 0.6 is 11.8 Å². The van der Waals surface area contributed by atoms with Gasteiger partial charge in [0.1, 0.15) is 0 Å². The van der Waals surface area contributed by atoms with Gasteiger partial charge in [-0.25, -0.2) is 0 Å². The van der Waals surface area contributed by atoms with Crippen molar-refractivity contribution in [1.82, 2.24) is 5.32 Å². The number of nitrogens with one attached hydrogen (secondary N) is 1. The van der Waals surface area contributed by atoms with E-state index >= 15 is 0 Å². The second-order valence-electron chi connectivity index (χ2n) is 3.52. The molecule has 84 valence electrons. The zero-order valence-electron chi connectivity index (χ0n) is 9.08. The summed E-state index contributed by atoms with van der Waals surface area (Å²) >= 11 is 1.68. The third-order valence-electron chi connectivity index (χ3n) is 2.04. The van der Waals surface area contributed by atoms with E-state index in [1.807, 2.05) is 13.2 Å². The molecule has 14 heavy (non-hydrogen) atoms. The lowest BCUT2D eigenvalue weighted by molar-refractivity contribution is -0.120. The van der Waals surface area contributed by atoms with Crippen LogP contribution in [0.15, 0.2) is 0 Å². The summed E-state index contributed by atoms with van der Waals surface area (Å²) in [6.07, 6.45) is 4.53. The third kappa shape index (κ3) is 8.38. The molecule has 0 fully saturated rings. The number of hydrogen-bond donors (Lipinski definition) is 2.